The maximum Gasteiger partial charge on any atom is 0.174 e. The van der Waals surface area contributed by atoms with Gasteiger partial charge in [-0.15, -0.1) is 0 Å². The van der Waals surface area contributed by atoms with E-state index in [2.05, 4.69) is 40.8 Å². The van der Waals surface area contributed by atoms with Crippen LogP contribution in [0.1, 0.15) is 29.9 Å². The van der Waals surface area contributed by atoms with E-state index in [0.717, 1.165) is 13.1 Å². The number of thiocarbonyl (C=S) groups is 1. The number of aromatic nitrogens is 1. The van der Waals surface area contributed by atoms with Gasteiger partial charge in [0.1, 0.15) is 5.82 Å². The topological polar surface area (TPSA) is 20.2 Å². The highest BCUT2D eigenvalue weighted by molar-refractivity contribution is 7.80. The van der Waals surface area contributed by atoms with E-state index in [4.69, 9.17) is 12.2 Å². The average Bonchev–Trinajstić information content (AvgIpc) is 2.86. The molecule has 3 nitrogen and oxygen atoms in total. The summed E-state index contributed by atoms with van der Waals surface area (Å²) in [5.74, 6) is -0.219. The number of nitrogens with zero attached hydrogens (tertiary/aromatic N) is 2. The normalized spacial score (nSPS) is 17.3. The summed E-state index contributed by atoms with van der Waals surface area (Å²) >= 11 is 5.53. The van der Waals surface area contributed by atoms with Gasteiger partial charge in [-0.2, -0.15) is 0 Å². The van der Waals surface area contributed by atoms with Crippen LogP contribution in [0.2, 0.25) is 0 Å². The molecule has 0 unspecified atom stereocenters. The predicted molar refractivity (Wildman–Crippen MR) is 91.6 cm³/mol. The first-order chi connectivity index (χ1) is 10.5. The first kappa shape index (κ1) is 15.0. The Balaban J connectivity index is 1.77. The number of hydrogen-bond acceptors (Lipinski definition) is 1. The van der Waals surface area contributed by atoms with Crippen LogP contribution in [0.3, 0.4) is 0 Å². The van der Waals surface area contributed by atoms with Crippen molar-refractivity contribution in [3.05, 3.63) is 53.1 Å². The molecule has 2 heterocycles. The summed E-state index contributed by atoms with van der Waals surface area (Å²) < 4.78 is 16.0. The van der Waals surface area contributed by atoms with Crippen LogP contribution >= 0.6 is 12.2 Å². The van der Waals surface area contributed by atoms with Crippen molar-refractivity contribution < 1.29 is 4.39 Å². The van der Waals surface area contributed by atoms with Gasteiger partial charge in [-0.1, -0.05) is 6.07 Å². The van der Waals surface area contributed by atoms with Gasteiger partial charge in [0.05, 0.1) is 6.04 Å². The van der Waals surface area contributed by atoms with Crippen LogP contribution < -0.4 is 5.32 Å². The molecule has 1 aromatic carbocycles. The molecule has 1 aromatic heterocycles. The van der Waals surface area contributed by atoms with E-state index in [1.807, 2.05) is 6.07 Å². The third-order valence-corrected chi connectivity index (χ3v) is 4.71. The molecule has 1 atom stereocenters. The summed E-state index contributed by atoms with van der Waals surface area (Å²) in [5, 5.41) is 3.80. The Kier molecular flexibility index (Phi) is 3.91. The molecule has 0 amide bonds. The summed E-state index contributed by atoms with van der Waals surface area (Å²) in [6.07, 6.45) is 0. The number of rotatable bonds is 1. The lowest BCUT2D eigenvalue weighted by Crippen LogP contribution is -2.43. The summed E-state index contributed by atoms with van der Waals surface area (Å²) in [6.45, 7) is 7.79. The van der Waals surface area contributed by atoms with Gasteiger partial charge >= 0.3 is 0 Å². The average molecular weight is 317 g/mol. The molecule has 3 rings (SSSR count). The van der Waals surface area contributed by atoms with Crippen LogP contribution in [0.5, 0.6) is 0 Å². The van der Waals surface area contributed by atoms with Crippen molar-refractivity contribution in [2.24, 2.45) is 0 Å². The molecule has 1 aliphatic heterocycles. The van der Waals surface area contributed by atoms with E-state index in [1.54, 1.807) is 13.0 Å². The lowest BCUT2D eigenvalue weighted by molar-refractivity contribution is 0.274. The Morgan fingerprint density at radius 3 is 2.73 bits per heavy atom. The third kappa shape index (κ3) is 2.61. The van der Waals surface area contributed by atoms with Crippen molar-refractivity contribution in [2.75, 3.05) is 11.9 Å². The van der Waals surface area contributed by atoms with Gasteiger partial charge in [0, 0.05) is 30.2 Å². The highest BCUT2D eigenvalue weighted by Crippen LogP contribution is 2.28. The van der Waals surface area contributed by atoms with Crippen molar-refractivity contribution in [1.29, 1.82) is 0 Å². The van der Waals surface area contributed by atoms with Crippen LogP contribution in [0.25, 0.3) is 0 Å². The molecule has 5 heteroatoms. The maximum absolute atomic E-state index is 13.6. The number of benzene rings is 1. The second kappa shape index (κ2) is 5.72. The summed E-state index contributed by atoms with van der Waals surface area (Å²) in [4.78, 5) is 2.15. The van der Waals surface area contributed by atoms with Crippen LogP contribution in [-0.4, -0.2) is 21.1 Å². The number of nitrogens with one attached hydrogen (secondary N) is 1. The number of halogens is 1. The zero-order valence-corrected chi connectivity index (χ0v) is 13.9. The SMILES string of the molecule is Cc1ccc(NC(=S)N2CCn3c(C)ccc3[C@H]2C)cc1F. The fourth-order valence-corrected chi connectivity index (χ4v) is 3.33. The zero-order valence-electron chi connectivity index (χ0n) is 13.1. The Labute approximate surface area is 135 Å². The standard InChI is InChI=1S/C17H20FN3S/c1-11-4-6-14(10-15(11)18)19-17(22)21-9-8-20-12(2)5-7-16(20)13(21)3/h4-7,10,13H,8-9H2,1-3H3,(H,19,22)/t13-/m1/s1. The van der Waals surface area contributed by atoms with Crippen molar-refractivity contribution in [3.63, 3.8) is 0 Å². The Morgan fingerprint density at radius 1 is 1.23 bits per heavy atom. The molecular formula is C17H20FN3S. The number of aryl methyl sites for hydroxylation is 2. The van der Waals surface area contributed by atoms with Crippen molar-refractivity contribution >= 4 is 23.0 Å². The van der Waals surface area contributed by atoms with Gasteiger partial charge in [0.25, 0.3) is 0 Å². The summed E-state index contributed by atoms with van der Waals surface area (Å²) in [6, 6.07) is 9.60. The smallest absolute Gasteiger partial charge is 0.174 e. The molecular weight excluding hydrogens is 297 g/mol. The molecule has 0 bridgehead atoms. The highest BCUT2D eigenvalue weighted by Gasteiger charge is 2.26. The van der Waals surface area contributed by atoms with Crippen molar-refractivity contribution in [2.45, 2.75) is 33.4 Å². The fourth-order valence-electron chi connectivity index (χ4n) is 2.96. The van der Waals surface area contributed by atoms with Crippen LogP contribution in [0.4, 0.5) is 10.1 Å². The lowest BCUT2D eigenvalue weighted by atomic mass is 10.1. The molecule has 1 aliphatic rings. The van der Waals surface area contributed by atoms with Crippen molar-refractivity contribution in [1.82, 2.24) is 9.47 Å². The van der Waals surface area contributed by atoms with E-state index in [9.17, 15) is 4.39 Å². The molecule has 0 radical (unpaired) electrons. The Morgan fingerprint density at radius 2 is 2.00 bits per heavy atom. The minimum Gasteiger partial charge on any atom is -0.345 e. The second-order valence-electron chi connectivity index (χ2n) is 5.81. The van der Waals surface area contributed by atoms with Gasteiger partial charge < -0.3 is 14.8 Å². The summed E-state index contributed by atoms with van der Waals surface area (Å²) in [7, 11) is 0. The molecule has 2 aromatic rings. The molecule has 0 fully saturated rings. The molecule has 0 saturated heterocycles. The van der Waals surface area contributed by atoms with Crippen LogP contribution in [-0.2, 0) is 6.54 Å². The molecule has 22 heavy (non-hydrogen) atoms. The monoisotopic (exact) mass is 317 g/mol. The van der Waals surface area contributed by atoms with Crippen molar-refractivity contribution in [3.8, 4) is 0 Å². The molecule has 0 saturated carbocycles. The third-order valence-electron chi connectivity index (χ3n) is 4.38. The van der Waals surface area contributed by atoms with Crippen LogP contribution in [0, 0.1) is 19.7 Å². The number of anilines is 1. The number of hydrogen-bond donors (Lipinski definition) is 1. The van der Waals surface area contributed by atoms with Gasteiger partial charge in [0.2, 0.25) is 0 Å². The van der Waals surface area contributed by atoms with Crippen LogP contribution in [0.15, 0.2) is 30.3 Å². The first-order valence-electron chi connectivity index (χ1n) is 7.47. The van der Waals surface area contributed by atoms with E-state index in [1.165, 1.54) is 17.5 Å². The highest BCUT2D eigenvalue weighted by atomic mass is 32.1. The van der Waals surface area contributed by atoms with Gasteiger partial charge in [-0.25, -0.2) is 4.39 Å². The minimum absolute atomic E-state index is 0.206. The maximum atomic E-state index is 13.6. The Hall–Kier alpha value is -1.88. The Bertz CT molecular complexity index is 723. The summed E-state index contributed by atoms with van der Waals surface area (Å²) in [5.41, 5.74) is 3.87. The van der Waals surface area contributed by atoms with Gasteiger partial charge in [-0.05, 0) is 62.8 Å². The van der Waals surface area contributed by atoms with E-state index < -0.39 is 0 Å². The van der Waals surface area contributed by atoms with E-state index >= 15 is 0 Å². The molecule has 1 N–H and O–H groups in total. The second-order valence-corrected chi connectivity index (χ2v) is 6.20. The largest absolute Gasteiger partial charge is 0.345 e. The van der Waals surface area contributed by atoms with E-state index in [-0.39, 0.29) is 11.9 Å². The quantitative estimate of drug-likeness (QED) is 0.802. The molecule has 116 valence electrons. The minimum atomic E-state index is -0.219. The molecule has 0 aliphatic carbocycles. The first-order valence-corrected chi connectivity index (χ1v) is 7.88. The molecule has 0 spiro atoms. The van der Waals surface area contributed by atoms with Gasteiger partial charge in [-0.3, -0.25) is 0 Å². The fraction of sp³-hybridized carbons (Fsp3) is 0.353. The number of fused-ring (bicyclic) bond motifs is 1. The van der Waals surface area contributed by atoms with Gasteiger partial charge in [0.15, 0.2) is 5.11 Å². The zero-order chi connectivity index (χ0) is 15.9. The lowest BCUT2D eigenvalue weighted by Gasteiger charge is -2.37. The predicted octanol–water partition coefficient (Wildman–Crippen LogP) is 4.02. The van der Waals surface area contributed by atoms with E-state index in [0.29, 0.717) is 16.4 Å².